The lowest BCUT2D eigenvalue weighted by Gasteiger charge is -2.49. The Labute approximate surface area is 216 Å². The summed E-state index contributed by atoms with van der Waals surface area (Å²) >= 11 is 0. The lowest BCUT2D eigenvalue weighted by Crippen LogP contribution is -2.61. The number of benzene rings is 3. The topological polar surface area (TPSA) is 37.4 Å². The average Bonchev–Trinajstić information content (AvgIpc) is 2.92. The normalized spacial score (nSPS) is 31.8. The van der Waals surface area contributed by atoms with Gasteiger partial charge in [0.05, 0.1) is 5.25 Å². The van der Waals surface area contributed by atoms with Gasteiger partial charge in [0.25, 0.3) is 0 Å². The van der Waals surface area contributed by atoms with Crippen LogP contribution in [0.2, 0.25) is 0 Å². The number of likely N-dealkylation sites (tertiary alicyclic amines) is 1. The van der Waals surface area contributed by atoms with Gasteiger partial charge < -0.3 is 0 Å². The highest BCUT2D eigenvalue weighted by Crippen LogP contribution is 2.55. The van der Waals surface area contributed by atoms with Gasteiger partial charge in [-0.3, -0.25) is 4.90 Å². The van der Waals surface area contributed by atoms with E-state index in [1.165, 1.54) is 25.7 Å². The molecule has 2 bridgehead atoms. The fourth-order valence-electron chi connectivity index (χ4n) is 7.44. The van der Waals surface area contributed by atoms with Crippen LogP contribution in [0, 0.1) is 5.92 Å². The number of hydrogen-bond donors (Lipinski definition) is 0. The minimum absolute atomic E-state index is 0.174. The van der Waals surface area contributed by atoms with E-state index in [9.17, 15) is 8.42 Å². The Balaban J connectivity index is 0.000000134. The van der Waals surface area contributed by atoms with Crippen molar-refractivity contribution in [1.29, 1.82) is 0 Å². The number of nitrogens with zero attached hydrogens (tertiary/aromatic N) is 1. The Kier molecular flexibility index (Phi) is 6.29. The van der Waals surface area contributed by atoms with Gasteiger partial charge >= 0.3 is 0 Å². The maximum atomic E-state index is 12.4. The van der Waals surface area contributed by atoms with Gasteiger partial charge in [0.15, 0.2) is 9.84 Å². The second-order valence-corrected chi connectivity index (χ2v) is 13.6. The lowest BCUT2D eigenvalue weighted by atomic mass is 9.60. The monoisotopic (exact) mass is 499 g/mol. The quantitative estimate of drug-likeness (QED) is 0.394. The first-order valence-electron chi connectivity index (χ1n) is 13.7. The van der Waals surface area contributed by atoms with Crippen molar-refractivity contribution in [1.82, 2.24) is 4.90 Å². The van der Waals surface area contributed by atoms with Gasteiger partial charge in [-0.05, 0) is 73.0 Å². The largest absolute Gasteiger partial charge is 0.297 e. The summed E-state index contributed by atoms with van der Waals surface area (Å²) < 4.78 is 24.8. The van der Waals surface area contributed by atoms with Gasteiger partial charge in [-0.1, -0.05) is 92.2 Å². The van der Waals surface area contributed by atoms with Gasteiger partial charge in [0.2, 0.25) is 0 Å². The van der Waals surface area contributed by atoms with E-state index in [0.717, 1.165) is 24.6 Å². The van der Waals surface area contributed by atoms with Crippen LogP contribution in [0.1, 0.15) is 84.4 Å². The molecule has 5 aliphatic rings. The first kappa shape index (κ1) is 23.9. The molecule has 0 radical (unpaired) electrons. The molecule has 4 unspecified atom stereocenters. The predicted octanol–water partition coefficient (Wildman–Crippen LogP) is 6.70. The molecule has 2 saturated heterocycles. The van der Waals surface area contributed by atoms with E-state index in [2.05, 4.69) is 60.4 Å². The summed E-state index contributed by atoms with van der Waals surface area (Å²) in [6.45, 7) is 6.37. The van der Waals surface area contributed by atoms with Crippen LogP contribution in [0.25, 0.3) is 0 Å². The van der Waals surface area contributed by atoms with E-state index >= 15 is 0 Å². The molecular weight excluding hydrogens is 462 g/mol. The SMILES string of the molecule is CC1C(N2CCCCC2)C(c2ccccc2)S1(=O)=O.CC1CC2c3ccccc3C1c1ccccc12. The molecule has 2 fully saturated rings. The van der Waals surface area contributed by atoms with Crippen LogP contribution < -0.4 is 0 Å². The second-order valence-electron chi connectivity index (χ2n) is 11.2. The Bertz CT molecular complexity index is 1280. The molecule has 3 aromatic carbocycles. The van der Waals surface area contributed by atoms with Crippen LogP contribution in [0.15, 0.2) is 78.9 Å². The number of fused-ring (bicyclic) bond motifs is 1. The Hall–Kier alpha value is -2.43. The fraction of sp³-hybridized carbons (Fsp3) is 0.438. The number of piperidine rings is 1. The van der Waals surface area contributed by atoms with E-state index < -0.39 is 9.84 Å². The van der Waals surface area contributed by atoms with E-state index in [0.29, 0.717) is 11.8 Å². The summed E-state index contributed by atoms with van der Waals surface area (Å²) in [4.78, 5) is 2.40. The molecule has 8 rings (SSSR count). The van der Waals surface area contributed by atoms with Gasteiger partial charge in [-0.25, -0.2) is 8.42 Å². The second kappa shape index (κ2) is 9.46. The summed E-state index contributed by atoms with van der Waals surface area (Å²) in [6.07, 6.45) is 4.99. The van der Waals surface area contributed by atoms with Crippen molar-refractivity contribution in [2.75, 3.05) is 13.1 Å². The van der Waals surface area contributed by atoms with Gasteiger partial charge in [-0.15, -0.1) is 0 Å². The van der Waals surface area contributed by atoms with Crippen molar-refractivity contribution in [3.05, 3.63) is 107 Å². The number of hydrogen-bond acceptors (Lipinski definition) is 3. The molecule has 2 heterocycles. The molecule has 3 aromatic rings. The predicted molar refractivity (Wildman–Crippen MR) is 147 cm³/mol. The van der Waals surface area contributed by atoms with Crippen LogP contribution in [0.3, 0.4) is 0 Å². The molecule has 2 aliphatic heterocycles. The molecule has 0 saturated carbocycles. The van der Waals surface area contributed by atoms with Crippen molar-refractivity contribution in [2.24, 2.45) is 5.92 Å². The summed E-state index contributed by atoms with van der Waals surface area (Å²) in [5, 5.41) is -0.544. The number of rotatable bonds is 2. The third-order valence-corrected chi connectivity index (χ3v) is 11.8. The van der Waals surface area contributed by atoms with Crippen LogP contribution in [0.4, 0.5) is 0 Å². The molecular formula is C32H37NO2S. The number of sulfone groups is 1. The minimum atomic E-state index is -2.99. The fourth-order valence-corrected chi connectivity index (χ4v) is 9.69. The van der Waals surface area contributed by atoms with Crippen molar-refractivity contribution in [3.63, 3.8) is 0 Å². The Morgan fingerprint density at radius 1 is 0.694 bits per heavy atom. The van der Waals surface area contributed by atoms with Crippen LogP contribution in [-0.2, 0) is 9.84 Å². The Morgan fingerprint density at radius 3 is 1.81 bits per heavy atom. The average molecular weight is 500 g/mol. The summed E-state index contributed by atoms with van der Waals surface area (Å²) in [5.41, 5.74) is 7.27. The third-order valence-electron chi connectivity index (χ3n) is 9.19. The highest BCUT2D eigenvalue weighted by molar-refractivity contribution is 7.93. The summed E-state index contributed by atoms with van der Waals surface area (Å²) in [5.74, 6) is 2.06. The zero-order chi connectivity index (χ0) is 24.9. The van der Waals surface area contributed by atoms with E-state index in [4.69, 9.17) is 0 Å². The first-order valence-corrected chi connectivity index (χ1v) is 15.3. The molecule has 0 amide bonds. The van der Waals surface area contributed by atoms with E-state index in [-0.39, 0.29) is 16.5 Å². The maximum Gasteiger partial charge on any atom is 0.163 e. The summed E-state index contributed by atoms with van der Waals surface area (Å²) in [7, 11) is -2.99. The smallest absolute Gasteiger partial charge is 0.163 e. The van der Waals surface area contributed by atoms with Gasteiger partial charge in [0, 0.05) is 17.9 Å². The molecule has 0 spiro atoms. The standard InChI is InChI=1S/C17H16.C15H21NO2S/c1-11-10-16-12-6-2-4-8-14(12)17(11)15-9-5-3-7-13(15)16;1-12-14(16-10-6-3-7-11-16)15(19(12,17)18)13-8-4-2-5-9-13/h2-9,11,16-17H,10H2,1H3;2,4-5,8-9,12,14-15H,3,6-7,10-11H2,1H3. The van der Waals surface area contributed by atoms with Crippen LogP contribution >= 0.6 is 0 Å². The highest BCUT2D eigenvalue weighted by atomic mass is 32.2. The minimum Gasteiger partial charge on any atom is -0.297 e. The molecule has 36 heavy (non-hydrogen) atoms. The zero-order valence-corrected chi connectivity index (χ0v) is 22.2. The van der Waals surface area contributed by atoms with Crippen molar-refractivity contribution >= 4 is 9.84 Å². The molecule has 4 atom stereocenters. The summed E-state index contributed by atoms with van der Waals surface area (Å²) in [6, 6.07) is 27.9. The molecule has 4 heteroatoms. The van der Waals surface area contributed by atoms with E-state index in [1.807, 2.05) is 37.3 Å². The Morgan fingerprint density at radius 2 is 1.22 bits per heavy atom. The highest BCUT2D eigenvalue weighted by Gasteiger charge is 2.55. The molecule has 3 nitrogen and oxygen atoms in total. The van der Waals surface area contributed by atoms with Crippen molar-refractivity contribution < 1.29 is 8.42 Å². The lowest BCUT2D eigenvalue weighted by molar-refractivity contribution is 0.139. The maximum absolute atomic E-state index is 12.4. The zero-order valence-electron chi connectivity index (χ0n) is 21.4. The van der Waals surface area contributed by atoms with Crippen molar-refractivity contribution in [2.45, 2.75) is 67.9 Å². The molecule has 0 N–H and O–H groups in total. The van der Waals surface area contributed by atoms with Gasteiger partial charge in [0.1, 0.15) is 5.25 Å². The first-order chi connectivity index (χ1) is 17.5. The molecule has 188 valence electrons. The molecule has 0 aromatic heterocycles. The van der Waals surface area contributed by atoms with Crippen LogP contribution in [0.5, 0.6) is 0 Å². The van der Waals surface area contributed by atoms with Gasteiger partial charge in [-0.2, -0.15) is 0 Å². The molecule has 3 aliphatic carbocycles. The van der Waals surface area contributed by atoms with E-state index in [1.54, 1.807) is 22.3 Å². The van der Waals surface area contributed by atoms with Crippen molar-refractivity contribution in [3.8, 4) is 0 Å². The third kappa shape index (κ3) is 3.85. The van der Waals surface area contributed by atoms with Crippen LogP contribution in [-0.4, -0.2) is 37.7 Å².